The van der Waals surface area contributed by atoms with Crippen molar-refractivity contribution in [2.24, 2.45) is 0 Å². The molecule has 0 saturated heterocycles. The minimum absolute atomic E-state index is 0.0897. The smallest absolute Gasteiger partial charge is 0.276 e. The Morgan fingerprint density at radius 1 is 1.42 bits per heavy atom. The number of hydrogen-bond acceptors (Lipinski definition) is 5. The van der Waals surface area contributed by atoms with Crippen LogP contribution in [0.5, 0.6) is 0 Å². The van der Waals surface area contributed by atoms with E-state index >= 15 is 0 Å². The summed E-state index contributed by atoms with van der Waals surface area (Å²) in [5, 5.41) is 15.2. The fraction of sp³-hybridized carbons (Fsp3) is 0.333. The van der Waals surface area contributed by atoms with E-state index in [1.54, 1.807) is 4.68 Å². The molecule has 2 heterocycles. The van der Waals surface area contributed by atoms with Crippen molar-refractivity contribution in [1.29, 1.82) is 0 Å². The Labute approximate surface area is 110 Å². The average molecular weight is 261 g/mol. The van der Waals surface area contributed by atoms with Gasteiger partial charge >= 0.3 is 0 Å². The summed E-state index contributed by atoms with van der Waals surface area (Å²) in [5.74, 6) is 0.474. The summed E-state index contributed by atoms with van der Waals surface area (Å²) in [4.78, 5) is 14.5. The molecule has 0 radical (unpaired) electrons. The van der Waals surface area contributed by atoms with Gasteiger partial charge in [0.15, 0.2) is 5.82 Å². The summed E-state index contributed by atoms with van der Waals surface area (Å²) in [6.45, 7) is 5.86. The molecule has 19 heavy (non-hydrogen) atoms. The molecule has 0 aliphatic rings. The highest BCUT2D eigenvalue weighted by Crippen LogP contribution is 2.22. The first kappa shape index (κ1) is 13.0. The average Bonchev–Trinajstić information content (AvgIpc) is 2.63. The number of hydrogen-bond donors (Lipinski definition) is 1. The van der Waals surface area contributed by atoms with Crippen LogP contribution in [0.15, 0.2) is 12.1 Å². The van der Waals surface area contributed by atoms with E-state index in [4.69, 9.17) is 5.73 Å². The molecule has 7 nitrogen and oxygen atoms in total. The Kier molecular flexibility index (Phi) is 3.20. The molecule has 0 unspecified atom stereocenters. The van der Waals surface area contributed by atoms with Crippen LogP contribution < -0.4 is 5.73 Å². The third-order valence-electron chi connectivity index (χ3n) is 3.04. The van der Waals surface area contributed by atoms with Crippen LogP contribution in [0, 0.1) is 24.0 Å². The van der Waals surface area contributed by atoms with Crippen LogP contribution in [0.4, 0.5) is 11.5 Å². The number of aromatic nitrogens is 3. The van der Waals surface area contributed by atoms with Gasteiger partial charge in [0.2, 0.25) is 0 Å². The monoisotopic (exact) mass is 261 g/mol. The van der Waals surface area contributed by atoms with Crippen molar-refractivity contribution in [3.8, 4) is 5.82 Å². The lowest BCUT2D eigenvalue weighted by molar-refractivity contribution is -0.384. The zero-order valence-electron chi connectivity index (χ0n) is 11.0. The van der Waals surface area contributed by atoms with Crippen molar-refractivity contribution in [1.82, 2.24) is 14.8 Å². The second kappa shape index (κ2) is 4.68. The summed E-state index contributed by atoms with van der Waals surface area (Å²) < 4.78 is 1.59. The number of rotatable bonds is 3. The van der Waals surface area contributed by atoms with Crippen LogP contribution in [0.3, 0.4) is 0 Å². The van der Waals surface area contributed by atoms with Gasteiger partial charge in [0, 0.05) is 5.69 Å². The highest BCUT2D eigenvalue weighted by Gasteiger charge is 2.16. The Morgan fingerprint density at radius 3 is 2.63 bits per heavy atom. The van der Waals surface area contributed by atoms with Crippen molar-refractivity contribution in [2.45, 2.75) is 27.2 Å². The molecule has 2 aromatic rings. The third kappa shape index (κ3) is 2.26. The molecule has 0 atom stereocenters. The number of aryl methyl sites for hydroxylation is 1. The van der Waals surface area contributed by atoms with Crippen molar-refractivity contribution in [2.75, 3.05) is 5.73 Å². The lowest BCUT2D eigenvalue weighted by Crippen LogP contribution is -2.05. The summed E-state index contributed by atoms with van der Waals surface area (Å²) in [6.07, 6.45) is 0.849. The standard InChI is InChI=1S/C12H15N5O2/c1-4-10-7(2)15-16(8(10)3)12-6-9(17(18)19)5-11(13)14-12/h5-6H,4H2,1-3H3,(H2,13,14). The van der Waals surface area contributed by atoms with Gasteiger partial charge < -0.3 is 5.73 Å². The minimum atomic E-state index is -0.492. The van der Waals surface area contributed by atoms with Gasteiger partial charge in [-0.1, -0.05) is 6.92 Å². The predicted octanol–water partition coefficient (Wildman–Crippen LogP) is 1.94. The molecule has 0 spiro atoms. The minimum Gasteiger partial charge on any atom is -0.383 e. The van der Waals surface area contributed by atoms with Gasteiger partial charge in [-0.25, -0.2) is 9.67 Å². The fourth-order valence-electron chi connectivity index (χ4n) is 2.15. The second-order valence-electron chi connectivity index (χ2n) is 4.28. The van der Waals surface area contributed by atoms with E-state index < -0.39 is 4.92 Å². The Hall–Kier alpha value is -2.44. The van der Waals surface area contributed by atoms with Gasteiger partial charge in [-0.05, 0) is 25.8 Å². The van der Waals surface area contributed by atoms with E-state index in [1.165, 1.54) is 12.1 Å². The van der Waals surface area contributed by atoms with E-state index in [0.717, 1.165) is 23.4 Å². The quantitative estimate of drug-likeness (QED) is 0.672. The van der Waals surface area contributed by atoms with E-state index in [9.17, 15) is 10.1 Å². The number of pyridine rings is 1. The normalized spacial score (nSPS) is 10.7. The number of nitro groups is 1. The Balaban J connectivity index is 2.62. The molecule has 7 heteroatoms. The molecule has 2 rings (SSSR count). The van der Waals surface area contributed by atoms with E-state index in [2.05, 4.69) is 10.1 Å². The first-order valence-corrected chi connectivity index (χ1v) is 5.91. The molecule has 0 bridgehead atoms. The van der Waals surface area contributed by atoms with Gasteiger partial charge in [-0.3, -0.25) is 10.1 Å². The summed E-state index contributed by atoms with van der Waals surface area (Å²) >= 11 is 0. The van der Waals surface area contributed by atoms with Gasteiger partial charge in [0.25, 0.3) is 5.69 Å². The lowest BCUT2D eigenvalue weighted by atomic mass is 10.1. The van der Waals surface area contributed by atoms with E-state index in [-0.39, 0.29) is 11.5 Å². The SMILES string of the molecule is CCc1c(C)nn(-c2cc([N+](=O)[O-])cc(N)n2)c1C. The van der Waals surface area contributed by atoms with Crippen LogP contribution in [0.1, 0.15) is 23.9 Å². The number of nitrogens with two attached hydrogens (primary N) is 1. The first-order chi connectivity index (χ1) is 8.93. The molecule has 0 saturated carbocycles. The third-order valence-corrected chi connectivity index (χ3v) is 3.04. The summed E-state index contributed by atoms with van der Waals surface area (Å²) in [6, 6.07) is 2.60. The first-order valence-electron chi connectivity index (χ1n) is 5.91. The number of anilines is 1. The molecule has 100 valence electrons. The molecule has 0 amide bonds. The predicted molar refractivity (Wildman–Crippen MR) is 71.3 cm³/mol. The zero-order chi connectivity index (χ0) is 14.2. The highest BCUT2D eigenvalue weighted by atomic mass is 16.6. The molecular formula is C12H15N5O2. The van der Waals surface area contributed by atoms with Gasteiger partial charge in [0.05, 0.1) is 22.7 Å². The van der Waals surface area contributed by atoms with Crippen LogP contribution in [-0.2, 0) is 6.42 Å². The lowest BCUT2D eigenvalue weighted by Gasteiger charge is -2.05. The molecule has 0 aliphatic carbocycles. The largest absolute Gasteiger partial charge is 0.383 e. The van der Waals surface area contributed by atoms with E-state index in [1.807, 2.05) is 20.8 Å². The van der Waals surface area contributed by atoms with Crippen LogP contribution in [0.25, 0.3) is 5.82 Å². The van der Waals surface area contributed by atoms with E-state index in [0.29, 0.717) is 5.82 Å². The number of nitrogens with zero attached hydrogens (tertiary/aromatic N) is 4. The second-order valence-corrected chi connectivity index (χ2v) is 4.28. The number of nitrogen functional groups attached to an aromatic ring is 1. The Bertz CT molecular complexity index is 648. The van der Waals surface area contributed by atoms with Crippen molar-refractivity contribution in [3.05, 3.63) is 39.2 Å². The zero-order valence-corrected chi connectivity index (χ0v) is 11.0. The van der Waals surface area contributed by atoms with Gasteiger partial charge in [-0.2, -0.15) is 5.10 Å². The molecule has 0 fully saturated rings. The fourth-order valence-corrected chi connectivity index (χ4v) is 2.15. The maximum Gasteiger partial charge on any atom is 0.276 e. The summed E-state index contributed by atoms with van der Waals surface area (Å²) in [7, 11) is 0. The van der Waals surface area contributed by atoms with Crippen molar-refractivity contribution >= 4 is 11.5 Å². The summed E-state index contributed by atoms with van der Waals surface area (Å²) in [5.41, 5.74) is 8.45. The van der Waals surface area contributed by atoms with Gasteiger partial charge in [-0.15, -0.1) is 0 Å². The molecule has 0 aromatic carbocycles. The Morgan fingerprint density at radius 2 is 2.11 bits per heavy atom. The van der Waals surface area contributed by atoms with Crippen LogP contribution >= 0.6 is 0 Å². The molecule has 0 aliphatic heterocycles. The molecule has 2 aromatic heterocycles. The molecular weight excluding hydrogens is 246 g/mol. The maximum atomic E-state index is 10.8. The van der Waals surface area contributed by atoms with Crippen LogP contribution in [0.2, 0.25) is 0 Å². The molecule has 2 N–H and O–H groups in total. The van der Waals surface area contributed by atoms with Crippen LogP contribution in [-0.4, -0.2) is 19.7 Å². The van der Waals surface area contributed by atoms with Gasteiger partial charge in [0.1, 0.15) is 5.82 Å². The highest BCUT2D eigenvalue weighted by molar-refractivity contribution is 5.48. The van der Waals surface area contributed by atoms with Crippen molar-refractivity contribution < 1.29 is 4.92 Å². The maximum absolute atomic E-state index is 10.8. The van der Waals surface area contributed by atoms with Crippen molar-refractivity contribution in [3.63, 3.8) is 0 Å². The topological polar surface area (TPSA) is 99.9 Å².